The molecule has 0 aliphatic rings. The van der Waals surface area contributed by atoms with E-state index >= 15 is 0 Å². The third kappa shape index (κ3) is 2.82. The number of methoxy groups -OCH3 is 3. The highest BCUT2D eigenvalue weighted by atomic mass is 16.5. The van der Waals surface area contributed by atoms with Gasteiger partial charge in [0.25, 0.3) is 0 Å². The van der Waals surface area contributed by atoms with Crippen molar-refractivity contribution >= 4 is 5.78 Å². The molecule has 0 unspecified atom stereocenters. The van der Waals surface area contributed by atoms with Crippen LogP contribution in [-0.4, -0.2) is 32.2 Å². The molecule has 2 rings (SSSR count). The molecule has 0 bridgehead atoms. The van der Waals surface area contributed by atoms with E-state index in [0.29, 0.717) is 28.2 Å². The second-order valence-corrected chi connectivity index (χ2v) is 5.14. The number of carbonyl (C=O) groups excluding carboxylic acids is 1. The maximum Gasteiger partial charge on any atom is 0.204 e. The van der Waals surface area contributed by atoms with Gasteiger partial charge in [-0.2, -0.15) is 0 Å². The van der Waals surface area contributed by atoms with E-state index in [2.05, 4.69) is 0 Å². The zero-order chi connectivity index (χ0) is 17.1. The molecule has 0 aliphatic heterocycles. The summed E-state index contributed by atoms with van der Waals surface area (Å²) in [6, 6.07) is 6.67. The summed E-state index contributed by atoms with van der Waals surface area (Å²) in [5.41, 5.74) is 1.95. The molecule has 0 atom stereocenters. The van der Waals surface area contributed by atoms with Crippen molar-refractivity contribution in [1.29, 1.82) is 0 Å². The van der Waals surface area contributed by atoms with Gasteiger partial charge in [0.05, 0.1) is 32.5 Å². The van der Waals surface area contributed by atoms with Crippen LogP contribution in [0.5, 0.6) is 23.0 Å². The van der Waals surface area contributed by atoms with Crippen LogP contribution in [-0.2, 0) is 0 Å². The molecule has 5 heteroatoms. The summed E-state index contributed by atoms with van der Waals surface area (Å²) in [5, 5.41) is 10.1. The first-order chi connectivity index (χ1) is 11.0. The lowest BCUT2D eigenvalue weighted by molar-refractivity contribution is 0.103. The van der Waals surface area contributed by atoms with Crippen molar-refractivity contribution in [3.05, 3.63) is 46.5 Å². The molecule has 5 nitrogen and oxygen atoms in total. The number of phenolic OH excluding ortho intramolecular Hbond substituents is 1. The lowest BCUT2D eigenvalue weighted by atomic mass is 9.94. The van der Waals surface area contributed by atoms with E-state index in [4.69, 9.17) is 14.2 Å². The van der Waals surface area contributed by atoms with E-state index in [1.165, 1.54) is 27.4 Å². The average molecular weight is 316 g/mol. The highest BCUT2D eigenvalue weighted by Crippen LogP contribution is 2.43. The monoisotopic (exact) mass is 316 g/mol. The van der Waals surface area contributed by atoms with Crippen molar-refractivity contribution in [2.75, 3.05) is 21.3 Å². The summed E-state index contributed by atoms with van der Waals surface area (Å²) in [4.78, 5) is 13.0. The zero-order valence-electron chi connectivity index (χ0n) is 13.9. The summed E-state index contributed by atoms with van der Waals surface area (Å²) in [5.74, 6) is 0.726. The fourth-order valence-corrected chi connectivity index (χ4v) is 2.63. The molecule has 2 aromatic carbocycles. The summed E-state index contributed by atoms with van der Waals surface area (Å²) < 4.78 is 16.0. The van der Waals surface area contributed by atoms with E-state index in [9.17, 15) is 9.90 Å². The lowest BCUT2D eigenvalue weighted by Crippen LogP contribution is -2.10. The fourth-order valence-electron chi connectivity index (χ4n) is 2.63. The van der Waals surface area contributed by atoms with Gasteiger partial charge in [-0.1, -0.05) is 12.1 Å². The van der Waals surface area contributed by atoms with Gasteiger partial charge in [0.1, 0.15) is 5.75 Å². The zero-order valence-corrected chi connectivity index (χ0v) is 13.9. The number of benzene rings is 2. The second-order valence-electron chi connectivity index (χ2n) is 5.14. The predicted octanol–water partition coefficient (Wildman–Crippen LogP) is 3.27. The van der Waals surface area contributed by atoms with Crippen LogP contribution in [0.4, 0.5) is 0 Å². The molecule has 23 heavy (non-hydrogen) atoms. The van der Waals surface area contributed by atoms with Gasteiger partial charge in [-0.05, 0) is 37.1 Å². The topological polar surface area (TPSA) is 65.0 Å². The number of phenols is 1. The number of aromatic hydroxyl groups is 1. The van der Waals surface area contributed by atoms with Crippen molar-refractivity contribution in [2.45, 2.75) is 13.8 Å². The first-order valence-corrected chi connectivity index (χ1v) is 7.09. The number of aryl methyl sites for hydroxylation is 2. The minimum Gasteiger partial charge on any atom is -0.507 e. The van der Waals surface area contributed by atoms with E-state index in [-0.39, 0.29) is 22.8 Å². The Bertz CT molecular complexity index is 729. The quantitative estimate of drug-likeness (QED) is 0.858. The second kappa shape index (κ2) is 6.60. The van der Waals surface area contributed by atoms with Crippen molar-refractivity contribution in [3.8, 4) is 23.0 Å². The van der Waals surface area contributed by atoms with Crippen LogP contribution in [0.15, 0.2) is 24.3 Å². The van der Waals surface area contributed by atoms with Gasteiger partial charge in [0.2, 0.25) is 11.5 Å². The number of carbonyl (C=O) groups is 1. The number of hydrogen-bond acceptors (Lipinski definition) is 5. The molecular weight excluding hydrogens is 296 g/mol. The van der Waals surface area contributed by atoms with Gasteiger partial charge in [-0.3, -0.25) is 4.79 Å². The van der Waals surface area contributed by atoms with Gasteiger partial charge in [-0.15, -0.1) is 0 Å². The SMILES string of the molecule is COc1cc(C)c(C(=O)c2c(C)cccc2O)c(OC)c1OC. The molecule has 0 aliphatic carbocycles. The lowest BCUT2D eigenvalue weighted by Gasteiger charge is -2.18. The molecule has 1 N–H and O–H groups in total. The van der Waals surface area contributed by atoms with E-state index in [0.717, 1.165) is 0 Å². The van der Waals surface area contributed by atoms with Gasteiger partial charge in [0.15, 0.2) is 11.5 Å². The van der Waals surface area contributed by atoms with Gasteiger partial charge >= 0.3 is 0 Å². The maximum atomic E-state index is 13.0. The maximum absolute atomic E-state index is 13.0. The number of rotatable bonds is 5. The third-order valence-electron chi connectivity index (χ3n) is 3.73. The Labute approximate surface area is 135 Å². The van der Waals surface area contributed by atoms with Crippen LogP contribution in [0.3, 0.4) is 0 Å². The molecule has 0 saturated carbocycles. The Balaban J connectivity index is 2.75. The molecule has 2 aromatic rings. The standard InChI is InChI=1S/C18H20O5/c1-10-7-6-8-12(19)14(10)16(20)15-11(2)9-13(21-3)17(22-4)18(15)23-5/h6-9,19H,1-5H3. The van der Waals surface area contributed by atoms with Crippen LogP contribution in [0.2, 0.25) is 0 Å². The highest BCUT2D eigenvalue weighted by molar-refractivity contribution is 6.14. The average Bonchev–Trinajstić information content (AvgIpc) is 2.53. The van der Waals surface area contributed by atoms with E-state index in [1.807, 2.05) is 0 Å². The number of ether oxygens (including phenoxy) is 3. The summed E-state index contributed by atoms with van der Waals surface area (Å²) in [7, 11) is 4.46. The third-order valence-corrected chi connectivity index (χ3v) is 3.73. The minimum atomic E-state index is -0.323. The Morgan fingerprint density at radius 2 is 1.57 bits per heavy atom. The van der Waals surface area contributed by atoms with Crippen LogP contribution in [0, 0.1) is 13.8 Å². The molecular formula is C18H20O5. The highest BCUT2D eigenvalue weighted by Gasteiger charge is 2.26. The molecule has 122 valence electrons. The molecule has 0 aromatic heterocycles. The number of hydrogen-bond donors (Lipinski definition) is 1. The van der Waals surface area contributed by atoms with Crippen molar-refractivity contribution < 1.29 is 24.1 Å². The predicted molar refractivity (Wildman–Crippen MR) is 87.1 cm³/mol. The molecule has 0 saturated heterocycles. The van der Waals surface area contributed by atoms with E-state index in [1.54, 1.807) is 32.0 Å². The van der Waals surface area contributed by atoms with Crippen molar-refractivity contribution in [2.24, 2.45) is 0 Å². The Morgan fingerprint density at radius 3 is 2.09 bits per heavy atom. The van der Waals surface area contributed by atoms with Crippen LogP contribution in [0.1, 0.15) is 27.0 Å². The first kappa shape index (κ1) is 16.7. The number of ketones is 1. The molecule has 0 radical (unpaired) electrons. The summed E-state index contributed by atoms with van der Waals surface area (Å²) in [6.07, 6.45) is 0. The largest absolute Gasteiger partial charge is 0.507 e. The van der Waals surface area contributed by atoms with Crippen LogP contribution in [0.25, 0.3) is 0 Å². The molecule has 0 spiro atoms. The normalized spacial score (nSPS) is 10.3. The Hall–Kier alpha value is -2.69. The van der Waals surface area contributed by atoms with Gasteiger partial charge < -0.3 is 19.3 Å². The molecule has 0 amide bonds. The van der Waals surface area contributed by atoms with Crippen molar-refractivity contribution in [3.63, 3.8) is 0 Å². The van der Waals surface area contributed by atoms with Gasteiger partial charge in [0, 0.05) is 0 Å². The Kier molecular flexibility index (Phi) is 4.79. The van der Waals surface area contributed by atoms with Crippen LogP contribution < -0.4 is 14.2 Å². The molecule has 0 fully saturated rings. The van der Waals surface area contributed by atoms with Crippen molar-refractivity contribution in [1.82, 2.24) is 0 Å². The fraction of sp³-hybridized carbons (Fsp3) is 0.278. The summed E-state index contributed by atoms with van der Waals surface area (Å²) >= 11 is 0. The van der Waals surface area contributed by atoms with Gasteiger partial charge in [-0.25, -0.2) is 0 Å². The Morgan fingerprint density at radius 1 is 0.913 bits per heavy atom. The van der Waals surface area contributed by atoms with Crippen LogP contribution >= 0.6 is 0 Å². The molecule has 0 heterocycles. The van der Waals surface area contributed by atoms with E-state index < -0.39 is 0 Å². The first-order valence-electron chi connectivity index (χ1n) is 7.09. The summed E-state index contributed by atoms with van der Waals surface area (Å²) in [6.45, 7) is 3.56. The smallest absolute Gasteiger partial charge is 0.204 e. The minimum absolute atomic E-state index is 0.0637.